The lowest BCUT2D eigenvalue weighted by atomic mass is 10.00. The van der Waals surface area contributed by atoms with Crippen LogP contribution in [0, 0.1) is 0 Å². The van der Waals surface area contributed by atoms with Crippen LogP contribution in [0.3, 0.4) is 0 Å². The molecular weight excluding hydrogens is 640 g/mol. The minimum atomic E-state index is -0.611. The first-order valence-electron chi connectivity index (χ1n) is 16.5. The van der Waals surface area contributed by atoms with Gasteiger partial charge in [-0.05, 0) is 73.7 Å². The fraction of sp³-hybridized carbons (Fsp3) is 0.289. The summed E-state index contributed by atoms with van der Waals surface area (Å²) in [6.45, 7) is 6.57. The van der Waals surface area contributed by atoms with Crippen molar-refractivity contribution in [3.63, 3.8) is 0 Å². The zero-order valence-electron chi connectivity index (χ0n) is 27.6. The summed E-state index contributed by atoms with van der Waals surface area (Å²) in [6.07, 6.45) is 4.99. The van der Waals surface area contributed by atoms with Crippen LogP contribution in [0.2, 0.25) is 5.02 Å². The molecule has 10 nitrogen and oxygen atoms in total. The second-order valence-electron chi connectivity index (χ2n) is 12.2. The Morgan fingerprint density at radius 1 is 1.04 bits per heavy atom. The van der Waals surface area contributed by atoms with Crippen LogP contribution in [0.4, 0.5) is 5.69 Å². The number of aldehydes is 1. The largest absolute Gasteiger partial charge is 0.381 e. The molecule has 0 saturated carbocycles. The summed E-state index contributed by atoms with van der Waals surface area (Å²) in [6, 6.07) is 19.5. The average molecular weight is 679 g/mol. The number of carbonyl (C=O) groups is 3. The number of nitrogens with zero attached hydrogens (tertiary/aromatic N) is 4. The Morgan fingerprint density at radius 2 is 1.82 bits per heavy atom. The minimum Gasteiger partial charge on any atom is -0.381 e. The van der Waals surface area contributed by atoms with Gasteiger partial charge in [0.15, 0.2) is 5.65 Å². The molecule has 11 heteroatoms. The van der Waals surface area contributed by atoms with Gasteiger partial charge in [-0.1, -0.05) is 48.9 Å². The van der Waals surface area contributed by atoms with E-state index in [4.69, 9.17) is 27.1 Å². The zero-order valence-corrected chi connectivity index (χ0v) is 28.4. The zero-order chi connectivity index (χ0) is 34.5. The van der Waals surface area contributed by atoms with Gasteiger partial charge in [-0.25, -0.2) is 9.67 Å². The first-order chi connectivity index (χ1) is 23.8. The van der Waals surface area contributed by atoms with E-state index in [0.717, 1.165) is 63.8 Å². The number of hydrogen-bond donors (Lipinski definition) is 2. The molecule has 1 fully saturated rings. The van der Waals surface area contributed by atoms with Gasteiger partial charge in [0.25, 0.3) is 5.91 Å². The number of hydrogen-bond acceptors (Lipinski definition) is 7. The first-order valence-corrected chi connectivity index (χ1v) is 16.9. The van der Waals surface area contributed by atoms with Crippen LogP contribution < -0.4 is 11.1 Å². The maximum atomic E-state index is 14.5. The van der Waals surface area contributed by atoms with E-state index in [1.807, 2.05) is 42.1 Å². The lowest BCUT2D eigenvalue weighted by molar-refractivity contribution is 0.0729. The highest BCUT2D eigenvalue weighted by Crippen LogP contribution is 2.34. The third-order valence-electron chi connectivity index (χ3n) is 8.94. The van der Waals surface area contributed by atoms with Crippen LogP contribution in [0.15, 0.2) is 72.9 Å². The van der Waals surface area contributed by atoms with Gasteiger partial charge < -0.3 is 20.7 Å². The number of ether oxygens (including phenoxy) is 1. The van der Waals surface area contributed by atoms with Crippen LogP contribution >= 0.6 is 11.6 Å². The third-order valence-corrected chi connectivity index (χ3v) is 9.27. The van der Waals surface area contributed by atoms with E-state index >= 15 is 0 Å². The highest BCUT2D eigenvalue weighted by atomic mass is 35.5. The van der Waals surface area contributed by atoms with Gasteiger partial charge in [0.05, 0.1) is 23.8 Å². The average Bonchev–Trinajstić information content (AvgIpc) is 3.55. The molecule has 0 atom stereocenters. The molecule has 6 rings (SSSR count). The number of benzene rings is 3. The van der Waals surface area contributed by atoms with Crippen molar-refractivity contribution in [1.82, 2.24) is 19.7 Å². The van der Waals surface area contributed by atoms with Crippen LogP contribution in [-0.2, 0) is 30.8 Å². The summed E-state index contributed by atoms with van der Waals surface area (Å²) in [4.78, 5) is 44.9. The highest BCUT2D eigenvalue weighted by molar-refractivity contribution is 6.33. The van der Waals surface area contributed by atoms with Crippen LogP contribution in [0.1, 0.15) is 74.6 Å². The van der Waals surface area contributed by atoms with Crippen molar-refractivity contribution < 1.29 is 19.1 Å². The lowest BCUT2D eigenvalue weighted by Gasteiger charge is -2.29. The number of nitrogens with two attached hydrogens (primary N) is 1. The molecule has 3 heterocycles. The molecule has 0 aliphatic carbocycles. The van der Waals surface area contributed by atoms with Gasteiger partial charge in [0.2, 0.25) is 5.91 Å². The van der Waals surface area contributed by atoms with Crippen LogP contribution in [-0.4, -0.2) is 57.0 Å². The quantitative estimate of drug-likeness (QED) is 0.141. The smallest absolute Gasteiger partial charge is 0.254 e. The van der Waals surface area contributed by atoms with Crippen LogP contribution in [0.25, 0.3) is 22.2 Å². The summed E-state index contributed by atoms with van der Waals surface area (Å²) in [5, 5.41) is 9.86. The summed E-state index contributed by atoms with van der Waals surface area (Å²) in [7, 11) is 0. The number of halogens is 1. The number of aromatic nitrogens is 3. The summed E-state index contributed by atoms with van der Waals surface area (Å²) < 4.78 is 7.53. The van der Waals surface area contributed by atoms with Gasteiger partial charge in [-0.3, -0.25) is 14.4 Å². The Hall–Kier alpha value is -5.06. The molecule has 49 heavy (non-hydrogen) atoms. The monoisotopic (exact) mass is 678 g/mol. The number of anilines is 1. The van der Waals surface area contributed by atoms with Crippen molar-refractivity contribution in [2.45, 2.75) is 58.8 Å². The molecule has 2 amide bonds. The van der Waals surface area contributed by atoms with Gasteiger partial charge in [0, 0.05) is 70.9 Å². The van der Waals surface area contributed by atoms with E-state index in [0.29, 0.717) is 42.3 Å². The predicted octanol–water partition coefficient (Wildman–Crippen LogP) is 6.68. The Kier molecular flexibility index (Phi) is 10.4. The van der Waals surface area contributed by atoms with Gasteiger partial charge in [-0.15, -0.1) is 0 Å². The molecule has 0 unspecified atom stereocenters. The SMILES string of the molecule is CCc1nc2c(cnn2CC)c(NC2CCOCC2)c1CN(Cc1ccc(Cl)c(-c2cccc(C=O)c2)c1)C(=O)c1cccc(C(N)=O)c1. The number of pyridine rings is 1. The maximum absolute atomic E-state index is 14.5. The van der Waals surface area contributed by atoms with Crippen molar-refractivity contribution in [3.8, 4) is 11.1 Å². The number of aryl methyl sites for hydroxylation is 2. The number of rotatable bonds is 12. The Balaban J connectivity index is 1.46. The topological polar surface area (TPSA) is 132 Å². The van der Waals surface area contributed by atoms with Crippen molar-refractivity contribution >= 4 is 46.4 Å². The van der Waals surface area contributed by atoms with Gasteiger partial charge in [-0.2, -0.15) is 5.10 Å². The van der Waals surface area contributed by atoms with E-state index in [-0.39, 0.29) is 30.6 Å². The Labute approximate surface area is 290 Å². The Morgan fingerprint density at radius 3 is 2.55 bits per heavy atom. The molecule has 0 bridgehead atoms. The summed E-state index contributed by atoms with van der Waals surface area (Å²) >= 11 is 6.67. The molecule has 3 N–H and O–H groups in total. The van der Waals surface area contributed by atoms with E-state index in [1.54, 1.807) is 41.3 Å². The molecule has 5 aromatic rings. The molecule has 0 spiro atoms. The van der Waals surface area contributed by atoms with Crippen molar-refractivity contribution in [3.05, 3.63) is 111 Å². The number of primary amides is 1. The number of amides is 2. The number of nitrogens with one attached hydrogen (secondary N) is 1. The summed E-state index contributed by atoms with van der Waals surface area (Å²) in [5.74, 6) is -0.883. The van der Waals surface area contributed by atoms with Crippen LogP contribution in [0.5, 0.6) is 0 Å². The van der Waals surface area contributed by atoms with Gasteiger partial charge in [0.1, 0.15) is 6.29 Å². The highest BCUT2D eigenvalue weighted by Gasteiger charge is 2.26. The molecule has 3 aromatic carbocycles. The van der Waals surface area contributed by atoms with Gasteiger partial charge >= 0.3 is 0 Å². The fourth-order valence-corrected chi connectivity index (χ4v) is 6.58. The molecular formula is C38H39ClN6O4. The van der Waals surface area contributed by atoms with Crippen molar-refractivity contribution in [2.75, 3.05) is 18.5 Å². The molecule has 1 saturated heterocycles. The fourth-order valence-electron chi connectivity index (χ4n) is 6.35. The van der Waals surface area contributed by atoms with E-state index in [2.05, 4.69) is 17.3 Å². The minimum absolute atomic E-state index is 0.185. The molecule has 252 valence electrons. The third kappa shape index (κ3) is 7.35. The predicted molar refractivity (Wildman–Crippen MR) is 191 cm³/mol. The summed E-state index contributed by atoms with van der Waals surface area (Å²) in [5.41, 5.74) is 12.6. The maximum Gasteiger partial charge on any atom is 0.254 e. The lowest BCUT2D eigenvalue weighted by Crippen LogP contribution is -2.33. The molecule has 1 aliphatic rings. The molecule has 1 aliphatic heterocycles. The second kappa shape index (κ2) is 15.0. The second-order valence-corrected chi connectivity index (χ2v) is 12.6. The van der Waals surface area contributed by atoms with Crippen molar-refractivity contribution in [1.29, 1.82) is 0 Å². The van der Waals surface area contributed by atoms with E-state index in [1.165, 1.54) is 6.07 Å². The van der Waals surface area contributed by atoms with E-state index in [9.17, 15) is 14.4 Å². The Bertz CT molecular complexity index is 2020. The number of carbonyl (C=O) groups excluding carboxylic acids is 3. The standard InChI is InChI=1S/C38H39ClN6O4/c1-3-34-32(35(42-29-13-15-49-16-14-29)31-20-41-45(4-2)37(31)43-34)22-44(38(48)28-10-6-9-27(19-28)36(40)47)21-24-11-12-33(39)30(18-24)26-8-5-7-25(17-26)23-46/h5-12,17-20,23,29H,3-4,13-16,21-22H2,1-2H3,(H2,40,47)(H,42,43). The normalized spacial score (nSPS) is 13.4. The van der Waals surface area contributed by atoms with E-state index < -0.39 is 5.91 Å². The first kappa shape index (κ1) is 33.8. The number of fused-ring (bicyclic) bond motifs is 1. The molecule has 0 radical (unpaired) electrons. The van der Waals surface area contributed by atoms with Crippen molar-refractivity contribution in [2.24, 2.45) is 5.73 Å². The molecule has 2 aromatic heterocycles.